The van der Waals surface area contributed by atoms with E-state index >= 15 is 0 Å². The molecule has 0 aromatic heterocycles. The van der Waals surface area contributed by atoms with Gasteiger partial charge in [-0.3, -0.25) is 9.80 Å². The molecule has 1 aliphatic heterocycles. The van der Waals surface area contributed by atoms with E-state index in [4.69, 9.17) is 0 Å². The largest absolute Gasteiger partial charge is 0.326 e. The summed E-state index contributed by atoms with van der Waals surface area (Å²) < 4.78 is 27.1. The summed E-state index contributed by atoms with van der Waals surface area (Å²) in [5, 5.41) is 0. The van der Waals surface area contributed by atoms with Crippen LogP contribution in [0.25, 0.3) is 0 Å². The standard InChI is InChI=1S/C13H15F2N3O/c1-16-7-17(10-3-4-10)13(19)18(8-16)12-6-9(14)2-5-11(12)15/h2,5-6,10H,3-4,7-8H2,1H3. The molecule has 0 spiro atoms. The molecule has 1 aliphatic carbocycles. The Balaban J connectivity index is 1.93. The van der Waals surface area contributed by atoms with Crippen LogP contribution in [0.1, 0.15) is 12.8 Å². The van der Waals surface area contributed by atoms with Crippen LogP contribution in [0.15, 0.2) is 18.2 Å². The number of nitrogens with zero attached hydrogens (tertiary/aromatic N) is 3. The monoisotopic (exact) mass is 267 g/mol. The fourth-order valence-electron chi connectivity index (χ4n) is 2.35. The second-order valence-corrected chi connectivity index (χ2v) is 5.15. The van der Waals surface area contributed by atoms with E-state index < -0.39 is 11.6 Å². The molecule has 4 nitrogen and oxygen atoms in total. The smallest absolute Gasteiger partial charge is 0.308 e. The van der Waals surface area contributed by atoms with Crippen LogP contribution < -0.4 is 4.90 Å². The third-order valence-electron chi connectivity index (χ3n) is 3.44. The highest BCUT2D eigenvalue weighted by molar-refractivity contribution is 5.93. The van der Waals surface area contributed by atoms with Crippen LogP contribution in [0.2, 0.25) is 0 Å². The van der Waals surface area contributed by atoms with Crippen molar-refractivity contribution < 1.29 is 13.6 Å². The van der Waals surface area contributed by atoms with Crippen LogP contribution >= 0.6 is 0 Å². The molecule has 0 bridgehead atoms. The first-order chi connectivity index (χ1) is 9.06. The van der Waals surface area contributed by atoms with E-state index in [1.54, 1.807) is 4.90 Å². The van der Waals surface area contributed by atoms with Gasteiger partial charge in [-0.15, -0.1) is 0 Å². The Labute approximate surface area is 110 Å². The first kappa shape index (κ1) is 12.3. The van der Waals surface area contributed by atoms with Crippen LogP contribution in [0.3, 0.4) is 0 Å². The van der Waals surface area contributed by atoms with Gasteiger partial charge in [0.2, 0.25) is 0 Å². The number of hydrogen-bond acceptors (Lipinski definition) is 2. The van der Waals surface area contributed by atoms with Crippen molar-refractivity contribution >= 4 is 11.7 Å². The molecule has 0 N–H and O–H groups in total. The van der Waals surface area contributed by atoms with E-state index in [9.17, 15) is 13.6 Å². The molecule has 0 atom stereocenters. The molecule has 1 saturated carbocycles. The number of carbonyl (C=O) groups is 1. The molecular weight excluding hydrogens is 252 g/mol. The van der Waals surface area contributed by atoms with Crippen molar-refractivity contribution in [2.24, 2.45) is 0 Å². The number of amides is 2. The van der Waals surface area contributed by atoms with Gasteiger partial charge in [0.25, 0.3) is 0 Å². The molecule has 2 aliphatic rings. The number of carbonyl (C=O) groups excluding carboxylic acids is 1. The zero-order valence-electron chi connectivity index (χ0n) is 10.6. The highest BCUT2D eigenvalue weighted by Crippen LogP contribution is 2.32. The number of hydrogen-bond donors (Lipinski definition) is 0. The Bertz CT molecular complexity index is 519. The lowest BCUT2D eigenvalue weighted by Crippen LogP contribution is -2.58. The first-order valence-electron chi connectivity index (χ1n) is 6.28. The molecule has 3 rings (SSSR count). The summed E-state index contributed by atoms with van der Waals surface area (Å²) in [4.78, 5) is 17.3. The summed E-state index contributed by atoms with van der Waals surface area (Å²) >= 11 is 0. The van der Waals surface area contributed by atoms with Crippen LogP contribution in [0.4, 0.5) is 19.3 Å². The minimum atomic E-state index is -0.583. The molecule has 0 radical (unpaired) electrons. The van der Waals surface area contributed by atoms with Gasteiger partial charge in [0.15, 0.2) is 0 Å². The van der Waals surface area contributed by atoms with E-state index in [0.29, 0.717) is 6.67 Å². The Morgan fingerprint density at radius 3 is 2.63 bits per heavy atom. The van der Waals surface area contributed by atoms with Gasteiger partial charge in [-0.05, 0) is 32.0 Å². The maximum absolute atomic E-state index is 13.8. The first-order valence-corrected chi connectivity index (χ1v) is 6.28. The van der Waals surface area contributed by atoms with Crippen molar-refractivity contribution in [3.63, 3.8) is 0 Å². The van der Waals surface area contributed by atoms with Crippen LogP contribution in [-0.2, 0) is 0 Å². The molecule has 0 unspecified atom stereocenters. The van der Waals surface area contributed by atoms with Gasteiger partial charge >= 0.3 is 6.03 Å². The molecule has 1 aromatic carbocycles. The molecule has 102 valence electrons. The summed E-state index contributed by atoms with van der Waals surface area (Å²) in [6.45, 7) is 0.805. The molecular formula is C13H15F2N3O. The maximum Gasteiger partial charge on any atom is 0.326 e. The van der Waals surface area contributed by atoms with Gasteiger partial charge < -0.3 is 4.90 Å². The quantitative estimate of drug-likeness (QED) is 0.821. The number of urea groups is 1. The lowest BCUT2D eigenvalue weighted by molar-refractivity contribution is 0.127. The third-order valence-corrected chi connectivity index (χ3v) is 3.44. The van der Waals surface area contributed by atoms with E-state index in [1.165, 1.54) is 4.90 Å². The Kier molecular flexibility index (Phi) is 2.89. The molecule has 1 aromatic rings. The van der Waals surface area contributed by atoms with Crippen LogP contribution in [0, 0.1) is 11.6 Å². The lowest BCUT2D eigenvalue weighted by atomic mass is 10.2. The predicted octanol–water partition coefficient (Wildman–Crippen LogP) is 2.22. The Hall–Kier alpha value is -1.69. The topological polar surface area (TPSA) is 26.8 Å². The van der Waals surface area contributed by atoms with E-state index in [-0.39, 0.29) is 24.4 Å². The average molecular weight is 267 g/mol. The third kappa shape index (κ3) is 2.28. The van der Waals surface area contributed by atoms with Crippen molar-refractivity contribution in [2.75, 3.05) is 25.3 Å². The Morgan fingerprint density at radius 2 is 1.95 bits per heavy atom. The molecule has 19 heavy (non-hydrogen) atoms. The normalized spacial score (nSPS) is 21.1. The summed E-state index contributed by atoms with van der Waals surface area (Å²) in [5.41, 5.74) is 0.00204. The summed E-state index contributed by atoms with van der Waals surface area (Å²) in [6.07, 6.45) is 1.97. The summed E-state index contributed by atoms with van der Waals surface area (Å²) in [7, 11) is 1.85. The van der Waals surface area contributed by atoms with Crippen molar-refractivity contribution in [2.45, 2.75) is 18.9 Å². The minimum absolute atomic E-state index is 0.00204. The number of halogens is 2. The lowest BCUT2D eigenvalue weighted by Gasteiger charge is -2.40. The number of benzene rings is 1. The van der Waals surface area contributed by atoms with Crippen LogP contribution in [-0.4, -0.2) is 42.3 Å². The highest BCUT2D eigenvalue weighted by atomic mass is 19.1. The Morgan fingerprint density at radius 1 is 1.21 bits per heavy atom. The van der Waals surface area contributed by atoms with Gasteiger partial charge in [-0.1, -0.05) is 0 Å². The van der Waals surface area contributed by atoms with Crippen molar-refractivity contribution in [3.8, 4) is 0 Å². The van der Waals surface area contributed by atoms with Crippen molar-refractivity contribution in [1.29, 1.82) is 0 Å². The fraction of sp³-hybridized carbons (Fsp3) is 0.462. The molecule has 1 heterocycles. The SMILES string of the molecule is CN1CN(c2cc(F)ccc2F)C(=O)N(C2CC2)C1. The van der Waals surface area contributed by atoms with Crippen molar-refractivity contribution in [1.82, 2.24) is 9.80 Å². The molecule has 2 fully saturated rings. The van der Waals surface area contributed by atoms with Gasteiger partial charge in [0.1, 0.15) is 11.6 Å². The van der Waals surface area contributed by atoms with E-state index in [0.717, 1.165) is 31.0 Å². The summed E-state index contributed by atoms with van der Waals surface area (Å²) in [5.74, 6) is -1.13. The zero-order valence-corrected chi connectivity index (χ0v) is 10.6. The van der Waals surface area contributed by atoms with Crippen LogP contribution in [0.5, 0.6) is 0 Å². The molecule has 6 heteroatoms. The van der Waals surface area contributed by atoms with E-state index in [1.807, 2.05) is 11.9 Å². The molecule has 1 saturated heterocycles. The zero-order chi connectivity index (χ0) is 13.6. The van der Waals surface area contributed by atoms with E-state index in [2.05, 4.69) is 0 Å². The second-order valence-electron chi connectivity index (χ2n) is 5.15. The maximum atomic E-state index is 13.8. The van der Waals surface area contributed by atoms with Gasteiger partial charge in [-0.25, -0.2) is 13.6 Å². The number of rotatable bonds is 2. The second kappa shape index (κ2) is 4.45. The fourth-order valence-corrected chi connectivity index (χ4v) is 2.35. The average Bonchev–Trinajstić information content (AvgIpc) is 3.19. The predicted molar refractivity (Wildman–Crippen MR) is 66.6 cm³/mol. The molecule has 2 amide bonds. The van der Waals surface area contributed by atoms with Gasteiger partial charge in [-0.2, -0.15) is 0 Å². The minimum Gasteiger partial charge on any atom is -0.308 e. The van der Waals surface area contributed by atoms with Gasteiger partial charge in [0, 0.05) is 12.1 Å². The summed E-state index contributed by atoms with van der Waals surface area (Å²) in [6, 6.07) is 3.17. The number of anilines is 1. The van der Waals surface area contributed by atoms with Crippen molar-refractivity contribution in [3.05, 3.63) is 29.8 Å². The highest BCUT2D eigenvalue weighted by Gasteiger charge is 2.39. The van der Waals surface area contributed by atoms with Gasteiger partial charge in [0.05, 0.1) is 19.0 Å².